The molecule has 4 nitrogen and oxygen atoms in total. The van der Waals surface area contributed by atoms with E-state index in [0.717, 1.165) is 19.6 Å². The summed E-state index contributed by atoms with van der Waals surface area (Å²) in [6.07, 6.45) is 3.74. The fourth-order valence-electron chi connectivity index (χ4n) is 2.63. The number of nitrogens with zero attached hydrogens (tertiary/aromatic N) is 2. The Balaban J connectivity index is 1.90. The molecule has 4 heteroatoms. The van der Waals surface area contributed by atoms with E-state index in [1.54, 1.807) is 0 Å². The van der Waals surface area contributed by atoms with E-state index < -0.39 is 0 Å². The van der Waals surface area contributed by atoms with Crippen molar-refractivity contribution in [3.63, 3.8) is 0 Å². The maximum absolute atomic E-state index is 12.0. The van der Waals surface area contributed by atoms with Gasteiger partial charge in [0.05, 0.1) is 5.92 Å². The van der Waals surface area contributed by atoms with Gasteiger partial charge in [0.15, 0.2) is 0 Å². The number of rotatable bonds is 4. The van der Waals surface area contributed by atoms with E-state index in [1.807, 2.05) is 11.9 Å². The molecule has 1 heterocycles. The third-order valence-corrected chi connectivity index (χ3v) is 4.27. The van der Waals surface area contributed by atoms with Gasteiger partial charge in [0.25, 0.3) is 0 Å². The molecule has 0 bridgehead atoms. The maximum atomic E-state index is 12.0. The normalized spacial score (nSPS) is 23.8. The summed E-state index contributed by atoms with van der Waals surface area (Å²) in [6.45, 7) is 2.60. The summed E-state index contributed by atoms with van der Waals surface area (Å²) in [5, 5.41) is 3.15. The number of carbonyl (C=O) groups is 1. The van der Waals surface area contributed by atoms with Crippen LogP contribution < -0.4 is 5.32 Å². The van der Waals surface area contributed by atoms with Gasteiger partial charge in [-0.05, 0) is 33.4 Å². The van der Waals surface area contributed by atoms with E-state index >= 15 is 0 Å². The van der Waals surface area contributed by atoms with E-state index in [-0.39, 0.29) is 11.5 Å². The molecule has 0 aromatic carbocycles. The quantitative estimate of drug-likeness (QED) is 0.740. The highest BCUT2D eigenvalue weighted by molar-refractivity contribution is 5.80. The van der Waals surface area contributed by atoms with Gasteiger partial charge in [0.2, 0.25) is 5.91 Å². The minimum Gasteiger partial charge on any atom is -0.344 e. The largest absolute Gasteiger partial charge is 0.344 e. The van der Waals surface area contributed by atoms with Crippen LogP contribution in [0.2, 0.25) is 0 Å². The molecule has 0 unspecified atom stereocenters. The van der Waals surface area contributed by atoms with Gasteiger partial charge in [0, 0.05) is 32.2 Å². The molecule has 1 saturated heterocycles. The van der Waals surface area contributed by atoms with Crippen molar-refractivity contribution < 1.29 is 4.79 Å². The van der Waals surface area contributed by atoms with Crippen LogP contribution in [0.4, 0.5) is 0 Å². The van der Waals surface area contributed by atoms with Crippen molar-refractivity contribution in [2.75, 3.05) is 40.8 Å². The number of nitrogens with one attached hydrogen (secondary N) is 1. The van der Waals surface area contributed by atoms with Crippen molar-refractivity contribution in [1.82, 2.24) is 15.1 Å². The molecule has 1 saturated carbocycles. The van der Waals surface area contributed by atoms with Crippen LogP contribution in [-0.4, -0.2) is 62.0 Å². The minimum atomic E-state index is 0.226. The van der Waals surface area contributed by atoms with Crippen LogP contribution in [0.3, 0.4) is 0 Å². The molecule has 2 aliphatic rings. The molecule has 16 heavy (non-hydrogen) atoms. The van der Waals surface area contributed by atoms with Gasteiger partial charge in [0.1, 0.15) is 0 Å². The van der Waals surface area contributed by atoms with Gasteiger partial charge >= 0.3 is 0 Å². The van der Waals surface area contributed by atoms with Gasteiger partial charge in [-0.3, -0.25) is 4.79 Å². The second-order valence-corrected chi connectivity index (χ2v) is 5.52. The summed E-state index contributed by atoms with van der Waals surface area (Å²) < 4.78 is 0. The summed E-state index contributed by atoms with van der Waals surface area (Å²) in [6, 6.07) is 0. The van der Waals surface area contributed by atoms with Crippen LogP contribution in [0, 0.1) is 5.92 Å². The number of hydrogen-bond acceptors (Lipinski definition) is 3. The number of carbonyl (C=O) groups excluding carboxylic acids is 1. The third kappa shape index (κ3) is 1.96. The molecule has 0 radical (unpaired) electrons. The van der Waals surface area contributed by atoms with Crippen LogP contribution in [0.5, 0.6) is 0 Å². The van der Waals surface area contributed by atoms with Gasteiger partial charge < -0.3 is 15.1 Å². The molecule has 0 aromatic rings. The fraction of sp³-hybridized carbons (Fsp3) is 0.917. The summed E-state index contributed by atoms with van der Waals surface area (Å²) in [5.74, 6) is 0.538. The molecule has 1 aliphatic carbocycles. The lowest BCUT2D eigenvalue weighted by atomic mass is 9.75. The Hall–Kier alpha value is -0.610. The highest BCUT2D eigenvalue weighted by atomic mass is 16.2. The first-order valence-electron chi connectivity index (χ1n) is 6.18. The molecule has 1 amide bonds. The molecule has 92 valence electrons. The van der Waals surface area contributed by atoms with Crippen molar-refractivity contribution in [2.24, 2.45) is 5.92 Å². The third-order valence-electron chi connectivity index (χ3n) is 4.27. The van der Waals surface area contributed by atoms with Crippen molar-refractivity contribution >= 4 is 5.91 Å². The molecule has 0 atom stereocenters. The lowest BCUT2D eigenvalue weighted by molar-refractivity contribution is -0.138. The number of hydrogen-bond donors (Lipinski definition) is 1. The maximum Gasteiger partial charge on any atom is 0.228 e. The minimum absolute atomic E-state index is 0.226. The summed E-state index contributed by atoms with van der Waals surface area (Å²) in [7, 11) is 6.20. The molecular formula is C12H23N3O. The smallest absolute Gasteiger partial charge is 0.228 e. The summed E-state index contributed by atoms with van der Waals surface area (Å²) >= 11 is 0. The second kappa shape index (κ2) is 4.34. The van der Waals surface area contributed by atoms with Crippen molar-refractivity contribution in [1.29, 1.82) is 0 Å². The fourth-order valence-corrected chi connectivity index (χ4v) is 2.63. The molecule has 1 N–H and O–H groups in total. The molecular weight excluding hydrogens is 202 g/mol. The second-order valence-electron chi connectivity index (χ2n) is 5.52. The van der Waals surface area contributed by atoms with Gasteiger partial charge in [-0.15, -0.1) is 0 Å². The Bertz CT molecular complexity index is 269. The van der Waals surface area contributed by atoms with Crippen LogP contribution >= 0.6 is 0 Å². The lowest BCUT2D eigenvalue weighted by Gasteiger charge is -2.49. The Morgan fingerprint density at radius 2 is 1.94 bits per heavy atom. The predicted octanol–water partition coefficient (Wildman–Crippen LogP) is 0.149. The van der Waals surface area contributed by atoms with Crippen LogP contribution in [0.15, 0.2) is 0 Å². The first-order chi connectivity index (χ1) is 7.55. The van der Waals surface area contributed by atoms with E-state index in [0.29, 0.717) is 5.91 Å². The SMILES string of the molecule is CN(CC1(N(C)C)CCC1)C(=O)C1CNC1. The lowest BCUT2D eigenvalue weighted by Crippen LogP contribution is -2.60. The first kappa shape index (κ1) is 11.9. The average molecular weight is 225 g/mol. The number of likely N-dealkylation sites (N-methyl/N-ethyl adjacent to an activating group) is 2. The van der Waals surface area contributed by atoms with Crippen molar-refractivity contribution in [3.05, 3.63) is 0 Å². The topological polar surface area (TPSA) is 35.6 Å². The van der Waals surface area contributed by atoms with E-state index in [9.17, 15) is 4.79 Å². The Morgan fingerprint density at radius 3 is 2.25 bits per heavy atom. The summed E-state index contributed by atoms with van der Waals surface area (Å²) in [4.78, 5) is 16.3. The average Bonchev–Trinajstić information content (AvgIpc) is 2.07. The molecule has 0 aromatic heterocycles. The predicted molar refractivity (Wildman–Crippen MR) is 64.3 cm³/mol. The van der Waals surface area contributed by atoms with Crippen molar-refractivity contribution in [2.45, 2.75) is 24.8 Å². The van der Waals surface area contributed by atoms with Crippen molar-refractivity contribution in [3.8, 4) is 0 Å². The van der Waals surface area contributed by atoms with Gasteiger partial charge in [-0.25, -0.2) is 0 Å². The molecule has 1 aliphatic heterocycles. The van der Waals surface area contributed by atoms with Crippen LogP contribution in [0.1, 0.15) is 19.3 Å². The zero-order valence-corrected chi connectivity index (χ0v) is 10.6. The monoisotopic (exact) mass is 225 g/mol. The Kier molecular flexibility index (Phi) is 3.22. The highest BCUT2D eigenvalue weighted by Gasteiger charge is 2.41. The van der Waals surface area contributed by atoms with Crippen LogP contribution in [0.25, 0.3) is 0 Å². The highest BCUT2D eigenvalue weighted by Crippen LogP contribution is 2.36. The zero-order valence-electron chi connectivity index (χ0n) is 10.6. The first-order valence-corrected chi connectivity index (χ1v) is 6.18. The summed E-state index contributed by atoms with van der Waals surface area (Å²) in [5.41, 5.74) is 0.252. The Morgan fingerprint density at radius 1 is 1.31 bits per heavy atom. The molecule has 2 rings (SSSR count). The van der Waals surface area contributed by atoms with E-state index in [4.69, 9.17) is 0 Å². The molecule has 0 spiro atoms. The van der Waals surface area contributed by atoms with E-state index in [2.05, 4.69) is 24.3 Å². The Labute approximate surface area is 98.0 Å². The van der Waals surface area contributed by atoms with Gasteiger partial charge in [-0.1, -0.05) is 0 Å². The molecule has 2 fully saturated rings. The van der Waals surface area contributed by atoms with Gasteiger partial charge in [-0.2, -0.15) is 0 Å². The standard InChI is InChI=1S/C12H23N3O/c1-14(2)12(5-4-6-12)9-15(3)11(16)10-7-13-8-10/h10,13H,4-9H2,1-3H3. The number of amides is 1. The zero-order chi connectivity index (χ0) is 11.8. The van der Waals surface area contributed by atoms with E-state index in [1.165, 1.54) is 19.3 Å². The van der Waals surface area contributed by atoms with Crippen LogP contribution in [-0.2, 0) is 4.79 Å².